The first-order valence-electron chi connectivity index (χ1n) is 7.07. The Morgan fingerprint density at radius 3 is 2.95 bits per heavy atom. The smallest absolute Gasteiger partial charge is 0.313 e. The Hall–Kier alpha value is -1.14. The monoisotopic (exact) mass is 297 g/mol. The summed E-state index contributed by atoms with van der Waals surface area (Å²) in [5.74, 6) is 0.222. The maximum absolute atomic E-state index is 12.3. The van der Waals surface area contributed by atoms with Crippen LogP contribution < -0.4 is 5.73 Å². The van der Waals surface area contributed by atoms with Gasteiger partial charge in [-0.3, -0.25) is 9.69 Å². The highest BCUT2D eigenvalue weighted by atomic mass is 32.1. The third kappa shape index (κ3) is 2.96. The molecule has 1 saturated heterocycles. The fourth-order valence-corrected chi connectivity index (χ4v) is 3.54. The number of hydrogen-bond donors (Lipinski definition) is 1. The molecule has 0 bridgehead atoms. The lowest BCUT2D eigenvalue weighted by molar-refractivity contribution is -0.157. The summed E-state index contributed by atoms with van der Waals surface area (Å²) in [5, 5.41) is 0.597. The summed E-state index contributed by atoms with van der Waals surface area (Å²) in [4.78, 5) is 19.8. The number of likely N-dealkylation sites (tertiary alicyclic amines) is 1. The molecule has 0 spiro atoms. The van der Waals surface area contributed by atoms with E-state index in [1.54, 1.807) is 0 Å². The van der Waals surface area contributed by atoms with Gasteiger partial charge in [-0.05, 0) is 25.8 Å². The molecule has 5 nitrogen and oxygen atoms in total. The van der Waals surface area contributed by atoms with Crippen LogP contribution in [0, 0.1) is 11.3 Å². The van der Waals surface area contributed by atoms with Crippen LogP contribution in [0.4, 0.5) is 5.13 Å². The van der Waals surface area contributed by atoms with Crippen LogP contribution in [0.25, 0.3) is 0 Å². The first-order chi connectivity index (χ1) is 9.48. The topological polar surface area (TPSA) is 68.5 Å². The van der Waals surface area contributed by atoms with Crippen molar-refractivity contribution in [2.45, 2.75) is 33.7 Å². The van der Waals surface area contributed by atoms with Crippen molar-refractivity contribution in [1.29, 1.82) is 0 Å². The first kappa shape index (κ1) is 15.3. The standard InChI is InChI=1S/C14H23N3O2S/c1-4-19-12(18)14(10(2)3)5-6-17(9-14)8-11-7-16-13(15)20-11/h7,10H,4-6,8-9H2,1-3H3,(H2,15,16). The van der Waals surface area contributed by atoms with Gasteiger partial charge in [-0.15, -0.1) is 11.3 Å². The molecule has 1 atom stereocenters. The molecule has 2 rings (SSSR count). The second-order valence-electron chi connectivity index (χ2n) is 5.66. The fraction of sp³-hybridized carbons (Fsp3) is 0.714. The highest BCUT2D eigenvalue weighted by Crippen LogP contribution is 2.40. The van der Waals surface area contributed by atoms with Crippen molar-refractivity contribution in [2.75, 3.05) is 25.4 Å². The lowest BCUT2D eigenvalue weighted by Gasteiger charge is -2.30. The van der Waals surface area contributed by atoms with Crippen molar-refractivity contribution in [3.8, 4) is 0 Å². The van der Waals surface area contributed by atoms with Gasteiger partial charge in [-0.1, -0.05) is 13.8 Å². The fourth-order valence-electron chi connectivity index (χ4n) is 2.81. The molecule has 0 aromatic carbocycles. The number of anilines is 1. The molecule has 0 amide bonds. The number of carbonyl (C=O) groups excluding carboxylic acids is 1. The van der Waals surface area contributed by atoms with Gasteiger partial charge in [-0.25, -0.2) is 4.98 Å². The van der Waals surface area contributed by atoms with Crippen molar-refractivity contribution in [2.24, 2.45) is 11.3 Å². The van der Waals surface area contributed by atoms with Gasteiger partial charge in [0.15, 0.2) is 5.13 Å². The number of nitrogens with zero attached hydrogens (tertiary/aromatic N) is 2. The average molecular weight is 297 g/mol. The van der Waals surface area contributed by atoms with Crippen LogP contribution in [0.3, 0.4) is 0 Å². The number of hydrogen-bond acceptors (Lipinski definition) is 6. The van der Waals surface area contributed by atoms with Crippen molar-refractivity contribution in [1.82, 2.24) is 9.88 Å². The molecule has 1 aliphatic rings. The molecule has 1 fully saturated rings. The molecule has 20 heavy (non-hydrogen) atoms. The number of aromatic nitrogens is 1. The van der Waals surface area contributed by atoms with Crippen molar-refractivity contribution in [3.63, 3.8) is 0 Å². The molecule has 1 aliphatic heterocycles. The Kier molecular flexibility index (Phi) is 4.65. The average Bonchev–Trinajstić information content (AvgIpc) is 2.98. The summed E-state index contributed by atoms with van der Waals surface area (Å²) in [6.07, 6.45) is 2.68. The maximum atomic E-state index is 12.3. The Labute approximate surface area is 124 Å². The van der Waals surface area contributed by atoms with Crippen molar-refractivity contribution in [3.05, 3.63) is 11.1 Å². The van der Waals surface area contributed by atoms with Crippen LogP contribution >= 0.6 is 11.3 Å². The molecule has 0 radical (unpaired) electrons. The van der Waals surface area contributed by atoms with E-state index >= 15 is 0 Å². The summed E-state index contributed by atoms with van der Waals surface area (Å²) in [6, 6.07) is 0. The number of rotatable bonds is 5. The van der Waals surface area contributed by atoms with E-state index in [0.29, 0.717) is 11.7 Å². The number of esters is 1. The highest BCUT2D eigenvalue weighted by Gasteiger charge is 2.48. The lowest BCUT2D eigenvalue weighted by atomic mass is 9.76. The molecule has 2 N–H and O–H groups in total. The maximum Gasteiger partial charge on any atom is 0.313 e. The second-order valence-corrected chi connectivity index (χ2v) is 6.80. The van der Waals surface area contributed by atoms with Crippen molar-refractivity contribution >= 4 is 22.4 Å². The molecule has 112 valence electrons. The van der Waals surface area contributed by atoms with Gasteiger partial charge >= 0.3 is 5.97 Å². The van der Waals surface area contributed by atoms with Crippen molar-refractivity contribution < 1.29 is 9.53 Å². The van der Waals surface area contributed by atoms with E-state index in [1.165, 1.54) is 11.3 Å². The SMILES string of the molecule is CCOC(=O)C1(C(C)C)CCN(Cc2cnc(N)s2)C1. The Morgan fingerprint density at radius 1 is 1.65 bits per heavy atom. The van der Waals surface area contributed by atoms with E-state index in [4.69, 9.17) is 10.5 Å². The number of nitrogens with two attached hydrogens (primary N) is 1. The van der Waals surface area contributed by atoms with Crippen LogP contribution in [0.15, 0.2) is 6.20 Å². The summed E-state index contributed by atoms with van der Waals surface area (Å²) in [6.45, 7) is 8.98. The molecule has 0 saturated carbocycles. The molecular weight excluding hydrogens is 274 g/mol. The summed E-state index contributed by atoms with van der Waals surface area (Å²) in [5.41, 5.74) is 5.29. The van der Waals surface area contributed by atoms with E-state index in [-0.39, 0.29) is 17.3 Å². The quantitative estimate of drug-likeness (QED) is 0.843. The van der Waals surface area contributed by atoms with E-state index in [1.807, 2.05) is 13.1 Å². The third-order valence-corrected chi connectivity index (χ3v) is 4.93. The van der Waals surface area contributed by atoms with Gasteiger partial charge in [-0.2, -0.15) is 0 Å². The van der Waals surface area contributed by atoms with E-state index in [9.17, 15) is 4.79 Å². The Morgan fingerprint density at radius 2 is 2.40 bits per heavy atom. The second kappa shape index (κ2) is 6.10. The van der Waals surface area contributed by atoms with Gasteiger partial charge in [0.1, 0.15) is 0 Å². The van der Waals surface area contributed by atoms with Gasteiger partial charge in [0.2, 0.25) is 0 Å². The first-order valence-corrected chi connectivity index (χ1v) is 7.89. The van der Waals surface area contributed by atoms with Gasteiger partial charge < -0.3 is 10.5 Å². The molecule has 1 aromatic heterocycles. The minimum atomic E-state index is -0.369. The number of ether oxygens (including phenoxy) is 1. The predicted molar refractivity (Wildman–Crippen MR) is 80.3 cm³/mol. The van der Waals surface area contributed by atoms with Gasteiger partial charge in [0, 0.05) is 24.2 Å². The number of nitrogen functional groups attached to an aromatic ring is 1. The molecule has 1 unspecified atom stereocenters. The minimum absolute atomic E-state index is 0.0543. The normalized spacial score (nSPS) is 23.4. The summed E-state index contributed by atoms with van der Waals surface area (Å²) >= 11 is 1.51. The third-order valence-electron chi connectivity index (χ3n) is 4.12. The van der Waals surface area contributed by atoms with Gasteiger partial charge in [0.25, 0.3) is 0 Å². The van der Waals surface area contributed by atoms with Crippen LogP contribution in [0.5, 0.6) is 0 Å². The molecular formula is C14H23N3O2S. The minimum Gasteiger partial charge on any atom is -0.466 e. The molecule has 6 heteroatoms. The zero-order valence-corrected chi connectivity index (χ0v) is 13.2. The van der Waals surface area contributed by atoms with Crippen LogP contribution in [0.1, 0.15) is 32.1 Å². The van der Waals surface area contributed by atoms with E-state index in [2.05, 4.69) is 23.7 Å². The van der Waals surface area contributed by atoms with Crippen LogP contribution in [0.2, 0.25) is 0 Å². The van der Waals surface area contributed by atoms with E-state index in [0.717, 1.165) is 30.9 Å². The van der Waals surface area contributed by atoms with Gasteiger partial charge in [0.05, 0.1) is 12.0 Å². The largest absolute Gasteiger partial charge is 0.466 e. The zero-order chi connectivity index (χ0) is 14.8. The lowest BCUT2D eigenvalue weighted by Crippen LogP contribution is -2.40. The van der Waals surface area contributed by atoms with Crippen LogP contribution in [-0.2, 0) is 16.1 Å². The summed E-state index contributed by atoms with van der Waals surface area (Å²) in [7, 11) is 0. The molecule has 0 aliphatic carbocycles. The Bertz CT molecular complexity index is 475. The van der Waals surface area contributed by atoms with E-state index < -0.39 is 0 Å². The number of thiazole rings is 1. The van der Waals surface area contributed by atoms with Crippen LogP contribution in [-0.4, -0.2) is 35.5 Å². The molecule has 1 aromatic rings. The highest BCUT2D eigenvalue weighted by molar-refractivity contribution is 7.15. The zero-order valence-electron chi connectivity index (χ0n) is 12.4. The summed E-state index contributed by atoms with van der Waals surface area (Å²) < 4.78 is 5.30. The Balaban J connectivity index is 2.05. The number of carbonyl (C=O) groups is 1. The predicted octanol–water partition coefficient (Wildman–Crippen LogP) is 2.14. The molecule has 2 heterocycles.